The first-order valence-electron chi connectivity index (χ1n) is 7.14. The van der Waals surface area contributed by atoms with Crippen molar-refractivity contribution in [2.45, 2.75) is 18.9 Å². The first kappa shape index (κ1) is 13.2. The molecule has 0 unspecified atom stereocenters. The van der Waals surface area contributed by atoms with Gasteiger partial charge < -0.3 is 19.7 Å². The van der Waals surface area contributed by atoms with Gasteiger partial charge in [0.05, 0.1) is 5.56 Å². The Bertz CT molecular complexity index is 498. The molecule has 0 spiro atoms. The van der Waals surface area contributed by atoms with E-state index < -0.39 is 0 Å². The Morgan fingerprint density at radius 1 is 1.25 bits per heavy atom. The molecule has 0 bridgehead atoms. The summed E-state index contributed by atoms with van der Waals surface area (Å²) < 4.78 is 11.2. The highest BCUT2D eigenvalue weighted by atomic mass is 16.6. The monoisotopic (exact) mass is 276 g/mol. The van der Waals surface area contributed by atoms with Crippen molar-refractivity contribution >= 4 is 5.91 Å². The van der Waals surface area contributed by atoms with Gasteiger partial charge in [0.25, 0.3) is 5.91 Å². The Morgan fingerprint density at radius 3 is 2.80 bits per heavy atom. The van der Waals surface area contributed by atoms with Crippen molar-refractivity contribution in [3.63, 3.8) is 0 Å². The number of piperidine rings is 1. The topological polar surface area (TPSA) is 50.8 Å². The minimum Gasteiger partial charge on any atom is -0.486 e. The Kier molecular flexibility index (Phi) is 3.78. The first-order chi connectivity index (χ1) is 9.77. The van der Waals surface area contributed by atoms with Gasteiger partial charge in [-0.05, 0) is 38.1 Å². The number of nitrogens with zero attached hydrogens (tertiary/aromatic N) is 1. The van der Waals surface area contributed by atoms with Gasteiger partial charge in [-0.15, -0.1) is 0 Å². The second-order valence-corrected chi connectivity index (χ2v) is 5.23. The Morgan fingerprint density at radius 2 is 2.00 bits per heavy atom. The van der Waals surface area contributed by atoms with Gasteiger partial charge in [-0.25, -0.2) is 0 Å². The lowest BCUT2D eigenvalue weighted by Gasteiger charge is -2.32. The van der Waals surface area contributed by atoms with E-state index >= 15 is 0 Å². The maximum absolute atomic E-state index is 12.7. The number of amides is 1. The predicted octanol–water partition coefficient (Wildman–Crippen LogP) is 1.28. The summed E-state index contributed by atoms with van der Waals surface area (Å²) >= 11 is 0. The molecule has 5 nitrogen and oxygen atoms in total. The fourth-order valence-electron chi connectivity index (χ4n) is 2.79. The number of hydrogen-bond acceptors (Lipinski definition) is 4. The molecular formula is C15H20N2O3. The zero-order valence-electron chi connectivity index (χ0n) is 11.7. The van der Waals surface area contributed by atoms with Gasteiger partial charge in [0, 0.05) is 13.1 Å². The van der Waals surface area contributed by atoms with E-state index in [9.17, 15) is 4.79 Å². The van der Waals surface area contributed by atoms with Crippen LogP contribution in [0.2, 0.25) is 0 Å². The van der Waals surface area contributed by atoms with Crippen LogP contribution < -0.4 is 14.8 Å². The van der Waals surface area contributed by atoms with Crippen LogP contribution in [-0.2, 0) is 0 Å². The van der Waals surface area contributed by atoms with Crippen molar-refractivity contribution in [1.82, 2.24) is 10.2 Å². The molecule has 1 fully saturated rings. The third-order valence-electron chi connectivity index (χ3n) is 3.97. The van der Waals surface area contributed by atoms with Crippen LogP contribution in [0.15, 0.2) is 18.2 Å². The second-order valence-electron chi connectivity index (χ2n) is 5.23. The SMILES string of the molecule is CN(C(=O)c1cccc2c1OCCO2)C1CCNCC1. The van der Waals surface area contributed by atoms with E-state index in [0.29, 0.717) is 36.3 Å². The van der Waals surface area contributed by atoms with Crippen LogP contribution in [0.5, 0.6) is 11.5 Å². The first-order valence-corrected chi connectivity index (χ1v) is 7.14. The van der Waals surface area contributed by atoms with Gasteiger partial charge in [0.15, 0.2) is 11.5 Å². The number of carbonyl (C=O) groups is 1. The number of rotatable bonds is 2. The quantitative estimate of drug-likeness (QED) is 0.884. The molecule has 2 aliphatic rings. The van der Waals surface area contributed by atoms with Crippen molar-refractivity contribution in [2.75, 3.05) is 33.4 Å². The third kappa shape index (κ3) is 2.45. The molecule has 108 valence electrons. The molecular weight excluding hydrogens is 256 g/mol. The highest BCUT2D eigenvalue weighted by Crippen LogP contribution is 2.34. The number of carbonyl (C=O) groups excluding carboxylic acids is 1. The molecule has 2 heterocycles. The summed E-state index contributed by atoms with van der Waals surface area (Å²) in [5, 5.41) is 3.32. The fraction of sp³-hybridized carbons (Fsp3) is 0.533. The molecule has 0 atom stereocenters. The average molecular weight is 276 g/mol. The summed E-state index contributed by atoms with van der Waals surface area (Å²) in [5.74, 6) is 1.27. The van der Waals surface area contributed by atoms with Gasteiger partial charge in [0.2, 0.25) is 0 Å². The largest absolute Gasteiger partial charge is 0.486 e. The molecule has 3 rings (SSSR count). The van der Waals surface area contributed by atoms with Crippen molar-refractivity contribution in [3.8, 4) is 11.5 Å². The van der Waals surface area contributed by atoms with Crippen LogP contribution in [0.25, 0.3) is 0 Å². The van der Waals surface area contributed by atoms with Gasteiger partial charge in [-0.2, -0.15) is 0 Å². The molecule has 1 aromatic carbocycles. The summed E-state index contributed by atoms with van der Waals surface area (Å²) in [6.45, 7) is 2.97. The van der Waals surface area contributed by atoms with Crippen molar-refractivity contribution in [3.05, 3.63) is 23.8 Å². The minimum atomic E-state index is 0.0132. The zero-order valence-corrected chi connectivity index (χ0v) is 11.7. The van der Waals surface area contributed by atoms with Crippen molar-refractivity contribution in [1.29, 1.82) is 0 Å². The maximum Gasteiger partial charge on any atom is 0.257 e. The molecule has 1 aromatic rings. The Labute approximate surface area is 118 Å². The fourth-order valence-corrected chi connectivity index (χ4v) is 2.79. The van der Waals surface area contributed by atoms with Gasteiger partial charge in [-0.1, -0.05) is 6.07 Å². The van der Waals surface area contributed by atoms with Gasteiger partial charge in [-0.3, -0.25) is 4.79 Å². The van der Waals surface area contributed by atoms with Crippen LogP contribution in [0.4, 0.5) is 0 Å². The summed E-state index contributed by atoms with van der Waals surface area (Å²) in [5.41, 5.74) is 0.600. The number of ether oxygens (including phenoxy) is 2. The number of para-hydroxylation sites is 1. The molecule has 0 saturated carbocycles. The number of benzene rings is 1. The standard InChI is InChI=1S/C15H20N2O3/c1-17(11-5-7-16-8-6-11)15(18)12-3-2-4-13-14(12)20-10-9-19-13/h2-4,11,16H,5-10H2,1H3. The van der Waals surface area contributed by atoms with E-state index in [0.717, 1.165) is 25.9 Å². The van der Waals surface area contributed by atoms with E-state index in [1.807, 2.05) is 30.1 Å². The molecule has 1 saturated heterocycles. The second kappa shape index (κ2) is 5.71. The molecule has 1 amide bonds. The molecule has 1 N–H and O–H groups in total. The summed E-state index contributed by atoms with van der Waals surface area (Å²) in [6.07, 6.45) is 1.99. The summed E-state index contributed by atoms with van der Waals surface area (Å²) in [6, 6.07) is 5.80. The van der Waals surface area contributed by atoms with Crippen molar-refractivity contribution < 1.29 is 14.3 Å². The highest BCUT2D eigenvalue weighted by Gasteiger charge is 2.27. The van der Waals surface area contributed by atoms with Crippen molar-refractivity contribution in [2.24, 2.45) is 0 Å². The van der Waals surface area contributed by atoms with E-state index in [-0.39, 0.29) is 5.91 Å². The summed E-state index contributed by atoms with van der Waals surface area (Å²) in [4.78, 5) is 14.5. The highest BCUT2D eigenvalue weighted by molar-refractivity contribution is 5.98. The number of hydrogen-bond donors (Lipinski definition) is 1. The third-order valence-corrected chi connectivity index (χ3v) is 3.97. The van der Waals surface area contributed by atoms with E-state index in [4.69, 9.17) is 9.47 Å². The van der Waals surface area contributed by atoms with E-state index in [2.05, 4.69) is 5.32 Å². The van der Waals surface area contributed by atoms with Gasteiger partial charge >= 0.3 is 0 Å². The van der Waals surface area contributed by atoms with Crippen LogP contribution in [0.1, 0.15) is 23.2 Å². The molecule has 0 radical (unpaired) electrons. The van der Waals surface area contributed by atoms with Gasteiger partial charge in [0.1, 0.15) is 13.2 Å². The minimum absolute atomic E-state index is 0.0132. The Hall–Kier alpha value is -1.75. The van der Waals surface area contributed by atoms with E-state index in [1.54, 1.807) is 0 Å². The van der Waals surface area contributed by atoms with E-state index in [1.165, 1.54) is 0 Å². The van der Waals surface area contributed by atoms with Crippen LogP contribution in [-0.4, -0.2) is 50.2 Å². The van der Waals surface area contributed by atoms with Crippen LogP contribution in [0, 0.1) is 0 Å². The molecule has 5 heteroatoms. The smallest absolute Gasteiger partial charge is 0.257 e. The number of nitrogens with one attached hydrogen (secondary N) is 1. The number of fused-ring (bicyclic) bond motifs is 1. The lowest BCUT2D eigenvalue weighted by molar-refractivity contribution is 0.0693. The summed E-state index contributed by atoms with van der Waals surface area (Å²) in [7, 11) is 1.88. The lowest BCUT2D eigenvalue weighted by atomic mass is 10.0. The zero-order chi connectivity index (χ0) is 13.9. The van der Waals surface area contributed by atoms with Crippen LogP contribution in [0.3, 0.4) is 0 Å². The lowest BCUT2D eigenvalue weighted by Crippen LogP contribution is -2.44. The Balaban J connectivity index is 1.83. The molecule has 2 aliphatic heterocycles. The predicted molar refractivity (Wildman–Crippen MR) is 75.4 cm³/mol. The normalized spacial score (nSPS) is 18.6. The molecule has 0 aliphatic carbocycles. The van der Waals surface area contributed by atoms with Crippen LogP contribution >= 0.6 is 0 Å². The molecule has 0 aromatic heterocycles. The maximum atomic E-state index is 12.7. The molecule has 20 heavy (non-hydrogen) atoms. The average Bonchev–Trinajstić information content (AvgIpc) is 2.54.